The molecule has 1 fully saturated rings. The summed E-state index contributed by atoms with van der Waals surface area (Å²) in [6, 6.07) is 4.54. The number of aliphatic imine (C=N–C) groups is 1. The van der Waals surface area contributed by atoms with E-state index >= 15 is 0 Å². The maximum atomic E-state index is 14.7. The Bertz CT molecular complexity index is 1340. The maximum Gasteiger partial charge on any atom is 0.410 e. The highest BCUT2D eigenvalue weighted by Crippen LogP contribution is 2.28. The first-order valence-corrected chi connectivity index (χ1v) is 12.2. The molecule has 0 bridgehead atoms. The Morgan fingerprint density at radius 2 is 2.05 bits per heavy atom. The lowest BCUT2D eigenvalue weighted by Gasteiger charge is -2.35. The molecule has 0 aliphatic carbocycles. The van der Waals surface area contributed by atoms with Crippen LogP contribution in [0.5, 0.6) is 0 Å². The number of rotatable bonds is 5. The average Bonchev–Trinajstić information content (AvgIpc) is 3.43. The molecule has 4 heterocycles. The van der Waals surface area contributed by atoms with Crippen molar-refractivity contribution in [3.05, 3.63) is 65.8 Å². The lowest BCUT2D eigenvalue weighted by atomic mass is 10.1. The molecule has 3 aliphatic heterocycles. The zero-order valence-corrected chi connectivity index (χ0v) is 21.7. The minimum Gasteiger partial charge on any atom is -0.444 e. The van der Waals surface area contributed by atoms with Gasteiger partial charge >= 0.3 is 6.09 Å². The largest absolute Gasteiger partial charge is 0.444 e. The first kappa shape index (κ1) is 25.1. The van der Waals surface area contributed by atoms with Crippen LogP contribution in [0.3, 0.4) is 0 Å². The summed E-state index contributed by atoms with van der Waals surface area (Å²) in [5.74, 6) is -0.758. The predicted octanol–water partition coefficient (Wildman–Crippen LogP) is 2.52. The second-order valence-electron chi connectivity index (χ2n) is 10.2. The fourth-order valence-corrected chi connectivity index (χ4v) is 4.26. The van der Waals surface area contributed by atoms with Gasteiger partial charge in [0.2, 0.25) is 5.91 Å². The number of nitrogens with zero attached hydrogens (tertiary/aromatic N) is 7. The summed E-state index contributed by atoms with van der Waals surface area (Å²) in [7, 11) is 1.83. The number of halogens is 1. The number of aryl methyl sites for hydroxylation is 1. The Labute approximate surface area is 219 Å². The Morgan fingerprint density at radius 3 is 2.76 bits per heavy atom. The summed E-state index contributed by atoms with van der Waals surface area (Å²) in [6.07, 6.45) is 8.28. The van der Waals surface area contributed by atoms with Gasteiger partial charge in [-0.1, -0.05) is 0 Å². The molecule has 2 aromatic rings. The van der Waals surface area contributed by atoms with Crippen molar-refractivity contribution in [2.75, 3.05) is 30.0 Å². The smallest absolute Gasteiger partial charge is 0.410 e. The van der Waals surface area contributed by atoms with Crippen LogP contribution < -0.4 is 15.8 Å². The van der Waals surface area contributed by atoms with Crippen molar-refractivity contribution in [1.29, 1.82) is 0 Å². The highest BCUT2D eigenvalue weighted by Gasteiger charge is 2.31. The van der Waals surface area contributed by atoms with Crippen molar-refractivity contribution in [1.82, 2.24) is 30.1 Å². The van der Waals surface area contributed by atoms with Gasteiger partial charge in [-0.25, -0.2) is 19.2 Å². The molecule has 3 aliphatic rings. The fourth-order valence-electron chi connectivity index (χ4n) is 4.26. The molecule has 1 aromatic heterocycles. The first-order chi connectivity index (χ1) is 18.0. The summed E-state index contributed by atoms with van der Waals surface area (Å²) < 4.78 is 21.7. The number of nitrogens with one attached hydrogen (secondary N) is 2. The number of fused-ring (bicyclic) bond motifs is 1. The van der Waals surface area contributed by atoms with Crippen LogP contribution in [0.15, 0.2) is 59.4 Å². The Kier molecular flexibility index (Phi) is 6.43. The molecule has 0 saturated carbocycles. The molecule has 0 atom stereocenters. The SMILES string of the molecule is Cn1cc(NN2C=NC3=CNN(Cc4cc(F)cc(N5CCN(C(=O)OC(C)(C)C)CC5=O)c4)C3=C2)cn1. The zero-order chi connectivity index (χ0) is 27.0. The van der Waals surface area contributed by atoms with Crippen LogP contribution in [0.2, 0.25) is 0 Å². The van der Waals surface area contributed by atoms with Crippen molar-refractivity contribution in [2.45, 2.75) is 32.9 Å². The van der Waals surface area contributed by atoms with Gasteiger partial charge in [0.05, 0.1) is 24.6 Å². The van der Waals surface area contributed by atoms with E-state index < -0.39 is 17.5 Å². The number of anilines is 2. The quantitative estimate of drug-likeness (QED) is 0.615. The van der Waals surface area contributed by atoms with Crippen LogP contribution in [-0.2, 0) is 23.1 Å². The van der Waals surface area contributed by atoms with E-state index in [2.05, 4.69) is 20.9 Å². The van der Waals surface area contributed by atoms with E-state index in [9.17, 15) is 14.0 Å². The van der Waals surface area contributed by atoms with E-state index in [1.54, 1.807) is 55.3 Å². The summed E-state index contributed by atoms with van der Waals surface area (Å²) in [5.41, 5.74) is 9.12. The number of benzene rings is 1. The number of carbonyl (C=O) groups is 2. The van der Waals surface area contributed by atoms with Crippen LogP contribution >= 0.6 is 0 Å². The molecule has 2 N–H and O–H groups in total. The van der Waals surface area contributed by atoms with E-state index in [1.807, 2.05) is 24.5 Å². The van der Waals surface area contributed by atoms with Crippen LogP contribution in [0, 0.1) is 5.82 Å². The van der Waals surface area contributed by atoms with E-state index in [-0.39, 0.29) is 25.5 Å². The van der Waals surface area contributed by atoms with E-state index in [1.165, 1.54) is 21.9 Å². The van der Waals surface area contributed by atoms with Gasteiger partial charge in [0.1, 0.15) is 35.7 Å². The zero-order valence-electron chi connectivity index (χ0n) is 21.7. The molecular weight excluding hydrogens is 493 g/mol. The maximum absolute atomic E-state index is 14.7. The first-order valence-electron chi connectivity index (χ1n) is 12.2. The number of hydrazine groups is 2. The van der Waals surface area contributed by atoms with Crippen LogP contribution in [0.25, 0.3) is 0 Å². The molecule has 5 rings (SSSR count). The molecule has 0 unspecified atom stereocenters. The normalized spacial score (nSPS) is 17.2. The highest BCUT2D eigenvalue weighted by atomic mass is 19.1. The molecule has 38 heavy (non-hydrogen) atoms. The Balaban J connectivity index is 1.27. The third-order valence-electron chi connectivity index (χ3n) is 5.92. The minimum atomic E-state index is -0.655. The van der Waals surface area contributed by atoms with Gasteiger partial charge in [-0.15, -0.1) is 0 Å². The lowest BCUT2D eigenvalue weighted by molar-refractivity contribution is -0.121. The summed E-state index contributed by atoms with van der Waals surface area (Å²) in [4.78, 5) is 32.6. The third kappa shape index (κ3) is 5.56. The second kappa shape index (κ2) is 9.72. The van der Waals surface area contributed by atoms with E-state index in [0.717, 1.165) is 17.1 Å². The van der Waals surface area contributed by atoms with Gasteiger partial charge in [-0.2, -0.15) is 5.10 Å². The molecule has 0 radical (unpaired) electrons. The number of hydrogen-bond donors (Lipinski definition) is 2. The lowest BCUT2D eigenvalue weighted by Crippen LogP contribution is -2.53. The van der Waals surface area contributed by atoms with Gasteiger partial charge in [0.15, 0.2) is 0 Å². The molecule has 13 heteroatoms. The van der Waals surface area contributed by atoms with E-state index in [0.29, 0.717) is 17.8 Å². The summed E-state index contributed by atoms with van der Waals surface area (Å²) >= 11 is 0. The fraction of sp³-hybridized carbons (Fsp3) is 0.360. The summed E-state index contributed by atoms with van der Waals surface area (Å²) in [5, 5.41) is 7.70. The number of amides is 2. The van der Waals surface area contributed by atoms with Crippen LogP contribution in [-0.4, -0.2) is 68.3 Å². The van der Waals surface area contributed by atoms with Gasteiger partial charge in [-0.3, -0.25) is 24.8 Å². The van der Waals surface area contributed by atoms with Crippen molar-refractivity contribution in [3.63, 3.8) is 0 Å². The number of ether oxygens (including phenoxy) is 1. The molecular formula is C25H30FN9O3. The van der Waals surface area contributed by atoms with Gasteiger partial charge in [0, 0.05) is 38.2 Å². The highest BCUT2D eigenvalue weighted by molar-refractivity contribution is 5.97. The number of aromatic nitrogens is 2. The molecule has 200 valence electrons. The summed E-state index contributed by atoms with van der Waals surface area (Å²) in [6.45, 7) is 6.04. The predicted molar refractivity (Wildman–Crippen MR) is 139 cm³/mol. The van der Waals surface area contributed by atoms with Gasteiger partial charge < -0.3 is 15.1 Å². The minimum absolute atomic E-state index is 0.133. The third-order valence-corrected chi connectivity index (χ3v) is 5.92. The molecule has 2 amide bonds. The Hall–Kier alpha value is -4.55. The second-order valence-corrected chi connectivity index (χ2v) is 10.2. The van der Waals surface area contributed by atoms with Crippen molar-refractivity contribution < 1.29 is 18.7 Å². The van der Waals surface area contributed by atoms with Crippen molar-refractivity contribution >= 4 is 29.7 Å². The topological polar surface area (TPSA) is 111 Å². The van der Waals surface area contributed by atoms with Gasteiger partial charge in [0.25, 0.3) is 0 Å². The van der Waals surface area contributed by atoms with E-state index in [4.69, 9.17) is 4.74 Å². The van der Waals surface area contributed by atoms with Crippen molar-refractivity contribution in [2.24, 2.45) is 12.0 Å². The monoisotopic (exact) mass is 523 g/mol. The molecule has 1 aromatic carbocycles. The van der Waals surface area contributed by atoms with Crippen LogP contribution in [0.1, 0.15) is 26.3 Å². The molecule has 1 saturated heterocycles. The number of piperazine rings is 1. The molecule has 12 nitrogen and oxygen atoms in total. The number of carbonyl (C=O) groups excluding carboxylic acids is 2. The van der Waals surface area contributed by atoms with Crippen molar-refractivity contribution in [3.8, 4) is 0 Å². The number of hydrogen-bond acceptors (Lipinski definition) is 9. The Morgan fingerprint density at radius 1 is 1.24 bits per heavy atom. The average molecular weight is 524 g/mol. The van der Waals surface area contributed by atoms with Crippen LogP contribution in [0.4, 0.5) is 20.6 Å². The molecule has 0 spiro atoms. The standard InChI is InChI=1S/C25H30FN9O3/c1-25(2,3)38-24(37)32-5-6-34(23(36)15-32)20-8-17(7-18(26)9-20)12-35-22-14-33(16-27-21(22)11-29-35)30-19-10-28-31(4)13-19/h7-11,13-14,16,29-30H,5-6,12,15H2,1-4H3. The van der Waals surface area contributed by atoms with Gasteiger partial charge in [-0.05, 0) is 44.5 Å².